The van der Waals surface area contributed by atoms with Crippen molar-refractivity contribution in [3.63, 3.8) is 0 Å². The molecule has 0 aliphatic heterocycles. The summed E-state index contributed by atoms with van der Waals surface area (Å²) in [7, 11) is 0. The number of hydrogen-bond acceptors (Lipinski definition) is 1. The van der Waals surface area contributed by atoms with Crippen molar-refractivity contribution < 1.29 is 0 Å². The summed E-state index contributed by atoms with van der Waals surface area (Å²) in [5, 5.41) is 7.45. The summed E-state index contributed by atoms with van der Waals surface area (Å²) in [5.41, 5.74) is 16.0. The van der Waals surface area contributed by atoms with E-state index in [0.717, 1.165) is 22.7 Å². The minimum Gasteiger partial charge on any atom is -0.310 e. The molecular weight excluding hydrogens is 713 g/mol. The average Bonchev–Trinajstić information content (AvgIpc) is 3.83. The number of benzene rings is 10. The molecule has 0 bridgehead atoms. The lowest BCUT2D eigenvalue weighted by Crippen LogP contribution is -2.11. The van der Waals surface area contributed by atoms with Crippen LogP contribution >= 0.6 is 0 Å². The van der Waals surface area contributed by atoms with Crippen molar-refractivity contribution in [2.45, 2.75) is 5.92 Å². The molecule has 0 unspecified atom stereocenters. The smallest absolute Gasteiger partial charge is 0.0619 e. The van der Waals surface area contributed by atoms with Gasteiger partial charge >= 0.3 is 0 Å². The molecule has 59 heavy (non-hydrogen) atoms. The van der Waals surface area contributed by atoms with E-state index in [9.17, 15) is 0 Å². The van der Waals surface area contributed by atoms with E-state index in [-0.39, 0.29) is 5.92 Å². The molecule has 1 heterocycles. The molecule has 276 valence electrons. The van der Waals surface area contributed by atoms with Gasteiger partial charge in [-0.1, -0.05) is 176 Å². The summed E-state index contributed by atoms with van der Waals surface area (Å²) < 4.78 is 2.42. The summed E-state index contributed by atoms with van der Waals surface area (Å²) in [6.45, 7) is 0. The van der Waals surface area contributed by atoms with Crippen LogP contribution in [0.25, 0.3) is 71.3 Å². The first kappa shape index (κ1) is 33.5. The Morgan fingerprint density at radius 1 is 0.373 bits per heavy atom. The first-order valence-corrected chi connectivity index (χ1v) is 20.5. The molecule has 0 amide bonds. The van der Waals surface area contributed by atoms with Crippen LogP contribution in [-0.4, -0.2) is 4.57 Å². The van der Waals surface area contributed by atoms with Crippen LogP contribution in [0.4, 0.5) is 17.1 Å². The Balaban J connectivity index is 1.06. The van der Waals surface area contributed by atoms with E-state index in [1.54, 1.807) is 0 Å². The van der Waals surface area contributed by atoms with Crippen LogP contribution in [0.1, 0.15) is 22.6 Å². The molecule has 2 heteroatoms. The van der Waals surface area contributed by atoms with Crippen molar-refractivity contribution in [3.05, 3.63) is 241 Å². The Labute approximate surface area is 343 Å². The molecule has 0 N–H and O–H groups in total. The van der Waals surface area contributed by atoms with Crippen molar-refractivity contribution in [3.8, 4) is 27.9 Å². The molecule has 1 aromatic heterocycles. The van der Waals surface area contributed by atoms with Gasteiger partial charge < -0.3 is 9.47 Å². The molecule has 0 saturated carbocycles. The van der Waals surface area contributed by atoms with E-state index < -0.39 is 0 Å². The zero-order valence-electron chi connectivity index (χ0n) is 32.3. The molecule has 12 rings (SSSR count). The van der Waals surface area contributed by atoms with Gasteiger partial charge in [-0.15, -0.1) is 0 Å². The van der Waals surface area contributed by atoms with Crippen molar-refractivity contribution >= 4 is 60.4 Å². The first-order valence-electron chi connectivity index (χ1n) is 20.5. The predicted molar refractivity (Wildman–Crippen MR) is 249 cm³/mol. The van der Waals surface area contributed by atoms with E-state index in [0.29, 0.717) is 0 Å². The topological polar surface area (TPSA) is 8.17 Å². The maximum Gasteiger partial charge on any atom is 0.0619 e. The van der Waals surface area contributed by atoms with Crippen molar-refractivity contribution in [1.29, 1.82) is 0 Å². The van der Waals surface area contributed by atoms with Crippen LogP contribution in [-0.2, 0) is 0 Å². The third-order valence-electron chi connectivity index (χ3n) is 12.4. The Morgan fingerprint density at radius 2 is 0.966 bits per heavy atom. The van der Waals surface area contributed by atoms with Crippen LogP contribution in [0, 0.1) is 0 Å². The van der Waals surface area contributed by atoms with Crippen LogP contribution < -0.4 is 4.90 Å². The van der Waals surface area contributed by atoms with Gasteiger partial charge in [0.2, 0.25) is 0 Å². The number of anilines is 3. The quantitative estimate of drug-likeness (QED) is 0.154. The van der Waals surface area contributed by atoms with Gasteiger partial charge in [0.25, 0.3) is 0 Å². The third-order valence-corrected chi connectivity index (χ3v) is 12.4. The second kappa shape index (κ2) is 13.5. The lowest BCUT2D eigenvalue weighted by atomic mass is 9.89. The highest BCUT2D eigenvalue weighted by Crippen LogP contribution is 2.50. The lowest BCUT2D eigenvalue weighted by molar-refractivity contribution is 1.01. The van der Waals surface area contributed by atoms with Crippen molar-refractivity contribution in [2.75, 3.05) is 4.90 Å². The minimum absolute atomic E-state index is 0.150. The van der Waals surface area contributed by atoms with Gasteiger partial charge in [-0.3, -0.25) is 0 Å². The van der Waals surface area contributed by atoms with Crippen LogP contribution in [0.15, 0.2) is 224 Å². The highest BCUT2D eigenvalue weighted by atomic mass is 15.1. The minimum atomic E-state index is 0.150. The number of fused-ring (bicyclic) bond motifs is 9. The second-order valence-electron chi connectivity index (χ2n) is 15.6. The molecule has 11 aromatic rings. The fourth-order valence-electron chi connectivity index (χ4n) is 9.89. The largest absolute Gasteiger partial charge is 0.310 e. The van der Waals surface area contributed by atoms with Gasteiger partial charge in [-0.05, 0) is 98.1 Å². The summed E-state index contributed by atoms with van der Waals surface area (Å²) in [5.74, 6) is 0.150. The fourth-order valence-corrected chi connectivity index (χ4v) is 9.89. The first-order chi connectivity index (χ1) is 29.3. The molecule has 0 atom stereocenters. The summed E-state index contributed by atoms with van der Waals surface area (Å²) in [6.07, 6.45) is 0. The molecule has 0 saturated heterocycles. The summed E-state index contributed by atoms with van der Waals surface area (Å²) in [4.78, 5) is 2.47. The standard InChI is InChI=1S/C57H38N2/c1-2-18-41(19-3-1)59-54-31-13-12-26-50(54)53-30-15-29-45(57(53)59)38-32-34-42(35-33-38)58(55-37-39-16-4-5-21-44(39)46-22-6-9-25-49(46)55)43-20-14-17-40(36-43)56-51-27-10-7-23-47(51)48-24-8-11-28-52(48)56/h1-37,56H. The monoisotopic (exact) mass is 750 g/mol. The number of para-hydroxylation sites is 3. The summed E-state index contributed by atoms with van der Waals surface area (Å²) >= 11 is 0. The van der Waals surface area contributed by atoms with E-state index in [1.807, 2.05) is 0 Å². The highest BCUT2D eigenvalue weighted by Gasteiger charge is 2.30. The van der Waals surface area contributed by atoms with E-state index >= 15 is 0 Å². The Kier molecular flexibility index (Phi) is 7.64. The van der Waals surface area contributed by atoms with Gasteiger partial charge in [0.1, 0.15) is 0 Å². The highest BCUT2D eigenvalue weighted by molar-refractivity contribution is 6.15. The molecule has 1 aliphatic rings. The normalized spacial score (nSPS) is 12.3. The van der Waals surface area contributed by atoms with Crippen molar-refractivity contribution in [2.24, 2.45) is 0 Å². The van der Waals surface area contributed by atoms with Gasteiger partial charge in [0.15, 0.2) is 0 Å². The molecule has 1 aliphatic carbocycles. The molecule has 10 aromatic carbocycles. The Hall–Kier alpha value is -7.68. The van der Waals surface area contributed by atoms with Gasteiger partial charge in [0.05, 0.1) is 16.7 Å². The van der Waals surface area contributed by atoms with Crippen LogP contribution in [0.5, 0.6) is 0 Å². The fraction of sp³-hybridized carbons (Fsp3) is 0.0175. The lowest BCUT2D eigenvalue weighted by Gasteiger charge is -2.29. The zero-order chi connectivity index (χ0) is 38.9. The Morgan fingerprint density at radius 3 is 1.75 bits per heavy atom. The van der Waals surface area contributed by atoms with E-state index in [2.05, 4.69) is 234 Å². The molecule has 0 radical (unpaired) electrons. The number of hydrogen-bond donors (Lipinski definition) is 0. The van der Waals surface area contributed by atoms with E-state index in [4.69, 9.17) is 0 Å². The molecule has 0 spiro atoms. The zero-order valence-corrected chi connectivity index (χ0v) is 32.3. The van der Waals surface area contributed by atoms with Gasteiger partial charge in [-0.25, -0.2) is 0 Å². The van der Waals surface area contributed by atoms with Gasteiger partial charge in [-0.2, -0.15) is 0 Å². The van der Waals surface area contributed by atoms with E-state index in [1.165, 1.54) is 82.3 Å². The van der Waals surface area contributed by atoms with Crippen LogP contribution in [0.2, 0.25) is 0 Å². The molecule has 2 nitrogen and oxygen atoms in total. The number of rotatable bonds is 6. The third kappa shape index (κ3) is 5.27. The maximum absolute atomic E-state index is 2.47. The average molecular weight is 751 g/mol. The number of nitrogens with zero attached hydrogens (tertiary/aromatic N) is 2. The Bertz CT molecular complexity index is 3350. The van der Waals surface area contributed by atoms with Crippen molar-refractivity contribution in [1.82, 2.24) is 4.57 Å². The SMILES string of the molecule is c1ccc(-n2c3ccccc3c3cccc(-c4ccc(N(c5cccc(C6c7ccccc7-c7ccccc76)c5)c5cc6ccccc6c6ccccc56)cc4)c32)cc1. The predicted octanol–water partition coefficient (Wildman–Crippen LogP) is 15.4. The summed E-state index contributed by atoms with van der Waals surface area (Å²) in [6, 6.07) is 82.5. The molecular formula is C57H38N2. The van der Waals surface area contributed by atoms with Crippen LogP contribution in [0.3, 0.4) is 0 Å². The molecule has 0 fully saturated rings. The van der Waals surface area contributed by atoms with Gasteiger partial charge in [0, 0.05) is 44.7 Å². The number of aromatic nitrogens is 1. The maximum atomic E-state index is 2.47. The second-order valence-corrected chi connectivity index (χ2v) is 15.6.